The van der Waals surface area contributed by atoms with Gasteiger partial charge >= 0.3 is 0 Å². The van der Waals surface area contributed by atoms with Gasteiger partial charge in [0.05, 0.1) is 6.42 Å². The summed E-state index contributed by atoms with van der Waals surface area (Å²) in [5, 5.41) is 13.2. The molecule has 0 saturated carbocycles. The molecular weight excluding hydrogens is 252 g/mol. The van der Waals surface area contributed by atoms with Gasteiger partial charge in [-0.2, -0.15) is 0 Å². The predicted molar refractivity (Wildman–Crippen MR) is 77.5 cm³/mol. The number of aromatic hydroxyl groups is 1. The van der Waals surface area contributed by atoms with E-state index in [1.165, 1.54) is 0 Å². The Labute approximate surface area is 119 Å². The van der Waals surface area contributed by atoms with Gasteiger partial charge in [0.15, 0.2) is 0 Å². The molecule has 2 fully saturated rings. The van der Waals surface area contributed by atoms with E-state index in [-0.39, 0.29) is 23.6 Å². The van der Waals surface area contributed by atoms with Crippen LogP contribution >= 0.6 is 0 Å². The number of hydrogen-bond donors (Lipinski definition) is 2. The van der Waals surface area contributed by atoms with E-state index in [2.05, 4.69) is 19.2 Å². The fraction of sp³-hybridized carbons (Fsp3) is 0.562. The van der Waals surface area contributed by atoms with Crippen molar-refractivity contribution in [1.29, 1.82) is 0 Å². The molecule has 1 aromatic rings. The summed E-state index contributed by atoms with van der Waals surface area (Å²) in [4.78, 5) is 14.6. The van der Waals surface area contributed by atoms with Crippen LogP contribution in [0.15, 0.2) is 24.3 Å². The quantitative estimate of drug-likeness (QED) is 0.857. The van der Waals surface area contributed by atoms with Gasteiger partial charge in [0.2, 0.25) is 5.91 Å². The Morgan fingerprint density at radius 1 is 1.40 bits per heavy atom. The Kier molecular flexibility index (Phi) is 3.21. The average molecular weight is 274 g/mol. The molecule has 1 aromatic carbocycles. The van der Waals surface area contributed by atoms with E-state index in [0.717, 1.165) is 19.6 Å². The highest BCUT2D eigenvalue weighted by atomic mass is 16.3. The van der Waals surface area contributed by atoms with E-state index < -0.39 is 0 Å². The molecule has 2 heterocycles. The van der Waals surface area contributed by atoms with Crippen LogP contribution < -0.4 is 5.32 Å². The van der Waals surface area contributed by atoms with Crippen molar-refractivity contribution in [1.82, 2.24) is 10.2 Å². The minimum absolute atomic E-state index is 0.102. The number of nitrogens with one attached hydrogen (secondary N) is 1. The summed E-state index contributed by atoms with van der Waals surface area (Å²) in [6.07, 6.45) is 0.281. The molecule has 2 unspecified atom stereocenters. The van der Waals surface area contributed by atoms with Gasteiger partial charge in [-0.1, -0.05) is 18.2 Å². The number of benzene rings is 1. The van der Waals surface area contributed by atoms with E-state index in [0.29, 0.717) is 17.4 Å². The molecule has 0 aromatic heterocycles. The molecule has 0 spiro atoms. The van der Waals surface area contributed by atoms with Crippen LogP contribution in [0.1, 0.15) is 19.4 Å². The van der Waals surface area contributed by atoms with Crippen molar-refractivity contribution in [3.63, 3.8) is 0 Å². The highest BCUT2D eigenvalue weighted by Crippen LogP contribution is 2.40. The molecule has 1 amide bonds. The highest BCUT2D eigenvalue weighted by molar-refractivity contribution is 5.80. The zero-order chi connectivity index (χ0) is 14.3. The number of phenols is 1. The van der Waals surface area contributed by atoms with Crippen LogP contribution in [0.5, 0.6) is 5.75 Å². The van der Waals surface area contributed by atoms with E-state index in [1.807, 2.05) is 17.0 Å². The van der Waals surface area contributed by atoms with Crippen molar-refractivity contribution in [3.8, 4) is 5.75 Å². The number of likely N-dealkylation sites (tertiary alicyclic amines) is 1. The van der Waals surface area contributed by atoms with Gasteiger partial charge in [-0.3, -0.25) is 4.79 Å². The Balaban J connectivity index is 1.77. The van der Waals surface area contributed by atoms with Crippen LogP contribution in [-0.2, 0) is 11.2 Å². The predicted octanol–water partition coefficient (Wildman–Crippen LogP) is 1.39. The number of hydrogen-bond acceptors (Lipinski definition) is 3. The van der Waals surface area contributed by atoms with Crippen molar-refractivity contribution in [2.45, 2.75) is 25.8 Å². The van der Waals surface area contributed by atoms with Gasteiger partial charge in [-0.25, -0.2) is 0 Å². The lowest BCUT2D eigenvalue weighted by Crippen LogP contribution is -2.48. The summed E-state index contributed by atoms with van der Waals surface area (Å²) >= 11 is 0. The topological polar surface area (TPSA) is 52.6 Å². The molecule has 4 nitrogen and oxygen atoms in total. The Morgan fingerprint density at radius 2 is 2.15 bits per heavy atom. The van der Waals surface area contributed by atoms with Crippen LogP contribution in [0.4, 0.5) is 0 Å². The Bertz CT molecular complexity index is 527. The molecule has 2 aliphatic heterocycles. The third-order valence-electron chi connectivity index (χ3n) is 4.99. The zero-order valence-corrected chi connectivity index (χ0v) is 12.1. The van der Waals surface area contributed by atoms with Crippen molar-refractivity contribution in [2.75, 3.05) is 19.6 Å². The van der Waals surface area contributed by atoms with Gasteiger partial charge in [0.1, 0.15) is 5.75 Å². The van der Waals surface area contributed by atoms with Crippen LogP contribution in [0.3, 0.4) is 0 Å². The maximum Gasteiger partial charge on any atom is 0.227 e. The zero-order valence-electron chi connectivity index (χ0n) is 12.1. The van der Waals surface area contributed by atoms with Crippen molar-refractivity contribution >= 4 is 5.91 Å². The number of fused-ring (bicyclic) bond motifs is 1. The normalized spacial score (nSPS) is 27.6. The number of rotatable bonds is 2. The first-order chi connectivity index (χ1) is 9.50. The number of carbonyl (C=O) groups excluding carboxylic acids is 1. The van der Waals surface area contributed by atoms with E-state index in [4.69, 9.17) is 0 Å². The first kappa shape index (κ1) is 13.4. The number of carbonyl (C=O) groups is 1. The highest BCUT2D eigenvalue weighted by Gasteiger charge is 2.51. The molecule has 2 atom stereocenters. The third kappa shape index (κ3) is 2.08. The summed E-state index contributed by atoms with van der Waals surface area (Å²) in [5.41, 5.74) is 0.610. The standard InChI is InChI=1S/C16H22N2O2/c1-16(2)13-9-17-8-12(13)10-18(16)15(20)7-11-5-3-4-6-14(11)19/h3-6,12-13,17,19H,7-10H2,1-2H3. The van der Waals surface area contributed by atoms with Gasteiger partial charge < -0.3 is 15.3 Å². The van der Waals surface area contributed by atoms with Crippen molar-refractivity contribution in [2.24, 2.45) is 11.8 Å². The number of phenolic OH excluding ortho intramolecular Hbond substituents is 1. The van der Waals surface area contributed by atoms with E-state index in [1.54, 1.807) is 12.1 Å². The third-order valence-corrected chi connectivity index (χ3v) is 4.99. The van der Waals surface area contributed by atoms with E-state index in [9.17, 15) is 9.90 Å². The Morgan fingerprint density at radius 3 is 2.85 bits per heavy atom. The number of nitrogens with zero attached hydrogens (tertiary/aromatic N) is 1. The summed E-state index contributed by atoms with van der Waals surface area (Å²) < 4.78 is 0. The van der Waals surface area contributed by atoms with Crippen molar-refractivity contribution in [3.05, 3.63) is 29.8 Å². The largest absolute Gasteiger partial charge is 0.508 e. The molecule has 2 saturated heterocycles. The molecule has 0 aliphatic carbocycles. The molecular formula is C16H22N2O2. The summed E-state index contributed by atoms with van der Waals surface area (Å²) in [6.45, 7) is 7.16. The fourth-order valence-electron chi connectivity index (χ4n) is 3.76. The summed E-state index contributed by atoms with van der Waals surface area (Å²) in [7, 11) is 0. The monoisotopic (exact) mass is 274 g/mol. The number of amides is 1. The first-order valence-electron chi connectivity index (χ1n) is 7.28. The van der Waals surface area contributed by atoms with Gasteiger partial charge in [0, 0.05) is 30.7 Å². The molecule has 0 bridgehead atoms. The average Bonchev–Trinajstić information content (AvgIpc) is 2.95. The van der Waals surface area contributed by atoms with Crippen LogP contribution in [0.2, 0.25) is 0 Å². The van der Waals surface area contributed by atoms with E-state index >= 15 is 0 Å². The van der Waals surface area contributed by atoms with Crippen LogP contribution in [0, 0.1) is 11.8 Å². The summed E-state index contributed by atoms with van der Waals surface area (Å²) in [5.74, 6) is 1.43. The van der Waals surface area contributed by atoms with Crippen LogP contribution in [-0.4, -0.2) is 41.1 Å². The maximum absolute atomic E-state index is 12.6. The second-order valence-electron chi connectivity index (χ2n) is 6.49. The second kappa shape index (κ2) is 4.77. The van der Waals surface area contributed by atoms with Crippen LogP contribution in [0.25, 0.3) is 0 Å². The molecule has 108 valence electrons. The van der Waals surface area contributed by atoms with Gasteiger partial charge in [0.25, 0.3) is 0 Å². The lowest BCUT2D eigenvalue weighted by atomic mass is 9.85. The van der Waals surface area contributed by atoms with Crippen molar-refractivity contribution < 1.29 is 9.90 Å². The lowest BCUT2D eigenvalue weighted by Gasteiger charge is -2.35. The Hall–Kier alpha value is -1.55. The lowest BCUT2D eigenvalue weighted by molar-refractivity contribution is -0.134. The molecule has 20 heavy (non-hydrogen) atoms. The minimum atomic E-state index is -0.102. The first-order valence-corrected chi connectivity index (χ1v) is 7.28. The molecule has 2 N–H and O–H groups in total. The molecule has 4 heteroatoms. The molecule has 0 radical (unpaired) electrons. The SMILES string of the molecule is CC1(C)C2CNCC2CN1C(=O)Cc1ccccc1O. The molecule has 3 rings (SSSR count). The smallest absolute Gasteiger partial charge is 0.227 e. The number of para-hydroxylation sites is 1. The maximum atomic E-state index is 12.6. The summed E-state index contributed by atoms with van der Waals surface area (Å²) in [6, 6.07) is 7.09. The van der Waals surface area contributed by atoms with Gasteiger partial charge in [-0.05, 0) is 31.7 Å². The minimum Gasteiger partial charge on any atom is -0.508 e. The van der Waals surface area contributed by atoms with Gasteiger partial charge in [-0.15, -0.1) is 0 Å². The second-order valence-corrected chi connectivity index (χ2v) is 6.49. The fourth-order valence-corrected chi connectivity index (χ4v) is 3.76. The molecule has 2 aliphatic rings.